The van der Waals surface area contributed by atoms with E-state index in [2.05, 4.69) is 12.6 Å². The lowest BCUT2D eigenvalue weighted by Gasteiger charge is -2.15. The van der Waals surface area contributed by atoms with Gasteiger partial charge in [0.05, 0.1) is 6.42 Å². The number of methoxy groups -OCH3 is 1. The zero-order valence-electron chi connectivity index (χ0n) is 8.45. The largest absolute Gasteiger partial charge is 0.436 e. The van der Waals surface area contributed by atoms with Crippen LogP contribution >= 0.6 is 12.6 Å². The second kappa shape index (κ2) is 7.21. The lowest BCUT2D eigenvalue weighted by Crippen LogP contribution is -2.21. The first-order valence-corrected chi connectivity index (χ1v) is 5.02. The summed E-state index contributed by atoms with van der Waals surface area (Å²) < 4.78 is 10.0. The van der Waals surface area contributed by atoms with Crippen molar-refractivity contribution in [1.29, 1.82) is 0 Å². The number of carbonyl (C=O) groups is 1. The Balaban J connectivity index is 3.73. The summed E-state index contributed by atoms with van der Waals surface area (Å²) in [6, 6.07) is 0. The van der Waals surface area contributed by atoms with Crippen LogP contribution in [0.2, 0.25) is 0 Å². The monoisotopic (exact) mass is 206 g/mol. The molecule has 0 spiro atoms. The minimum atomic E-state index is -0.399. The highest BCUT2D eigenvalue weighted by molar-refractivity contribution is 7.80. The Bertz CT molecular complexity index is 148. The first kappa shape index (κ1) is 12.8. The van der Waals surface area contributed by atoms with Crippen molar-refractivity contribution in [1.82, 2.24) is 0 Å². The van der Waals surface area contributed by atoms with Gasteiger partial charge in [-0.15, -0.1) is 0 Å². The third-order valence-corrected chi connectivity index (χ3v) is 1.69. The van der Waals surface area contributed by atoms with Gasteiger partial charge in [-0.25, -0.2) is 0 Å². The van der Waals surface area contributed by atoms with Crippen LogP contribution in [0.15, 0.2) is 0 Å². The van der Waals surface area contributed by atoms with E-state index in [1.807, 2.05) is 13.8 Å². The van der Waals surface area contributed by atoms with Crippen LogP contribution in [0.5, 0.6) is 0 Å². The van der Waals surface area contributed by atoms with Crippen LogP contribution < -0.4 is 0 Å². The van der Waals surface area contributed by atoms with Crippen LogP contribution in [0.1, 0.15) is 33.1 Å². The molecule has 0 aliphatic carbocycles. The van der Waals surface area contributed by atoms with E-state index in [4.69, 9.17) is 9.47 Å². The average molecular weight is 206 g/mol. The van der Waals surface area contributed by atoms with E-state index in [0.29, 0.717) is 6.42 Å². The normalized spacial score (nSPS) is 15.1. The molecule has 4 heteroatoms. The highest BCUT2D eigenvalue weighted by Crippen LogP contribution is 2.07. The lowest BCUT2D eigenvalue weighted by molar-refractivity contribution is -0.174. The fourth-order valence-electron chi connectivity index (χ4n) is 0.897. The van der Waals surface area contributed by atoms with E-state index in [1.54, 1.807) is 0 Å². The molecule has 0 amide bonds. The van der Waals surface area contributed by atoms with Crippen LogP contribution in [0, 0.1) is 0 Å². The molecule has 0 saturated carbocycles. The topological polar surface area (TPSA) is 35.5 Å². The Morgan fingerprint density at radius 2 is 2.15 bits per heavy atom. The van der Waals surface area contributed by atoms with E-state index in [0.717, 1.165) is 12.8 Å². The van der Waals surface area contributed by atoms with Crippen LogP contribution in [0.3, 0.4) is 0 Å². The second-order valence-corrected chi connectivity index (χ2v) is 3.88. The van der Waals surface area contributed by atoms with Crippen molar-refractivity contribution in [2.75, 3.05) is 7.11 Å². The second-order valence-electron chi connectivity index (χ2n) is 3.00. The molecule has 0 aromatic heterocycles. The van der Waals surface area contributed by atoms with Crippen LogP contribution in [-0.4, -0.2) is 24.6 Å². The molecule has 0 rings (SSSR count). The molecule has 0 heterocycles. The summed E-state index contributed by atoms with van der Waals surface area (Å²) in [5, 5.41) is 0.0339. The minimum Gasteiger partial charge on any atom is -0.436 e. The van der Waals surface area contributed by atoms with E-state index >= 15 is 0 Å². The number of hydrogen-bond acceptors (Lipinski definition) is 4. The van der Waals surface area contributed by atoms with Crippen molar-refractivity contribution in [3.8, 4) is 0 Å². The first-order chi connectivity index (χ1) is 6.10. The molecule has 0 aromatic carbocycles. The Morgan fingerprint density at radius 1 is 1.54 bits per heavy atom. The van der Waals surface area contributed by atoms with E-state index in [-0.39, 0.29) is 11.2 Å². The van der Waals surface area contributed by atoms with Crippen LogP contribution in [-0.2, 0) is 14.3 Å². The maximum atomic E-state index is 11.1. The van der Waals surface area contributed by atoms with Gasteiger partial charge in [0.15, 0.2) is 0 Å². The SMILES string of the molecule is CCCC(OC)OC(=O)CC(C)S. The number of hydrogen-bond donors (Lipinski definition) is 1. The maximum absolute atomic E-state index is 11.1. The summed E-state index contributed by atoms with van der Waals surface area (Å²) in [5.74, 6) is -0.247. The number of ether oxygens (including phenoxy) is 2. The molecule has 0 aliphatic rings. The van der Waals surface area contributed by atoms with Gasteiger partial charge in [-0.1, -0.05) is 20.3 Å². The number of esters is 1. The van der Waals surface area contributed by atoms with Gasteiger partial charge in [0.1, 0.15) is 0 Å². The smallest absolute Gasteiger partial charge is 0.309 e. The third kappa shape index (κ3) is 6.90. The van der Waals surface area contributed by atoms with E-state index < -0.39 is 6.29 Å². The minimum absolute atomic E-state index is 0.0339. The lowest BCUT2D eigenvalue weighted by atomic mass is 10.3. The molecule has 78 valence electrons. The molecule has 2 atom stereocenters. The van der Waals surface area contributed by atoms with Crippen molar-refractivity contribution in [2.24, 2.45) is 0 Å². The van der Waals surface area contributed by atoms with Gasteiger partial charge in [-0.05, 0) is 0 Å². The molecule has 0 saturated heterocycles. The Morgan fingerprint density at radius 3 is 2.54 bits per heavy atom. The Kier molecular flexibility index (Phi) is 7.09. The summed E-state index contributed by atoms with van der Waals surface area (Å²) in [6.07, 6.45) is 1.60. The summed E-state index contributed by atoms with van der Waals surface area (Å²) >= 11 is 4.10. The van der Waals surface area contributed by atoms with Gasteiger partial charge in [0.2, 0.25) is 6.29 Å². The average Bonchev–Trinajstić information content (AvgIpc) is 2.02. The van der Waals surface area contributed by atoms with Crippen LogP contribution in [0.25, 0.3) is 0 Å². The quantitative estimate of drug-likeness (QED) is 0.410. The van der Waals surface area contributed by atoms with Crippen molar-refractivity contribution in [3.05, 3.63) is 0 Å². The molecule has 2 unspecified atom stereocenters. The van der Waals surface area contributed by atoms with Crippen LogP contribution in [0.4, 0.5) is 0 Å². The standard InChI is InChI=1S/C9H18O3S/c1-4-5-9(11-3)12-8(10)6-7(2)13/h7,9,13H,4-6H2,1-3H3. The Hall–Kier alpha value is -0.220. The molecule has 0 aromatic rings. The van der Waals surface area contributed by atoms with Gasteiger partial charge in [-0.2, -0.15) is 12.6 Å². The maximum Gasteiger partial charge on any atom is 0.309 e. The van der Waals surface area contributed by atoms with E-state index in [9.17, 15) is 4.79 Å². The molecular formula is C9H18O3S. The van der Waals surface area contributed by atoms with Gasteiger partial charge >= 0.3 is 5.97 Å². The highest BCUT2D eigenvalue weighted by atomic mass is 32.1. The predicted molar refractivity (Wildman–Crippen MR) is 54.9 cm³/mol. The predicted octanol–water partition coefficient (Wildman–Crippen LogP) is 2.01. The summed E-state index contributed by atoms with van der Waals surface area (Å²) in [6.45, 7) is 3.87. The van der Waals surface area contributed by atoms with Crippen molar-refractivity contribution in [2.45, 2.75) is 44.6 Å². The first-order valence-electron chi connectivity index (χ1n) is 4.50. The Labute approximate surface area is 85.2 Å². The van der Waals surface area contributed by atoms with Crippen molar-refractivity contribution < 1.29 is 14.3 Å². The molecule has 0 fully saturated rings. The fourth-order valence-corrected chi connectivity index (χ4v) is 1.05. The third-order valence-electron chi connectivity index (χ3n) is 1.51. The van der Waals surface area contributed by atoms with Gasteiger partial charge < -0.3 is 9.47 Å². The molecule has 13 heavy (non-hydrogen) atoms. The fraction of sp³-hybridized carbons (Fsp3) is 0.889. The van der Waals surface area contributed by atoms with Crippen molar-refractivity contribution >= 4 is 18.6 Å². The molecule has 0 N–H and O–H groups in total. The number of thiol groups is 1. The molecule has 3 nitrogen and oxygen atoms in total. The molecule has 0 radical (unpaired) electrons. The van der Waals surface area contributed by atoms with Gasteiger partial charge in [0, 0.05) is 18.8 Å². The number of rotatable bonds is 6. The van der Waals surface area contributed by atoms with Gasteiger partial charge in [0.25, 0.3) is 0 Å². The summed E-state index contributed by atoms with van der Waals surface area (Å²) in [5.41, 5.74) is 0. The summed E-state index contributed by atoms with van der Waals surface area (Å²) in [4.78, 5) is 11.1. The zero-order chi connectivity index (χ0) is 10.3. The molecular weight excluding hydrogens is 188 g/mol. The van der Waals surface area contributed by atoms with Gasteiger partial charge in [-0.3, -0.25) is 4.79 Å². The highest BCUT2D eigenvalue weighted by Gasteiger charge is 2.13. The number of carbonyl (C=O) groups excluding carboxylic acids is 1. The summed E-state index contributed by atoms with van der Waals surface area (Å²) in [7, 11) is 1.54. The van der Waals surface area contributed by atoms with E-state index in [1.165, 1.54) is 7.11 Å². The van der Waals surface area contributed by atoms with Crippen molar-refractivity contribution in [3.63, 3.8) is 0 Å². The molecule has 0 bridgehead atoms. The molecule has 0 aliphatic heterocycles. The zero-order valence-corrected chi connectivity index (χ0v) is 9.34.